The highest BCUT2D eigenvalue weighted by Crippen LogP contribution is 2.36. The van der Waals surface area contributed by atoms with Gasteiger partial charge in [0.05, 0.1) is 14.8 Å². The Kier molecular flexibility index (Phi) is 3.85. The Morgan fingerprint density at radius 3 is 2.50 bits per heavy atom. The van der Waals surface area contributed by atoms with Crippen LogP contribution in [0.5, 0.6) is 0 Å². The zero-order chi connectivity index (χ0) is 15.1. The number of alkyl halides is 3. The second-order valence-electron chi connectivity index (χ2n) is 4.00. The van der Waals surface area contributed by atoms with Crippen LogP contribution in [-0.2, 0) is 6.18 Å². The van der Waals surface area contributed by atoms with Crippen LogP contribution in [0.4, 0.5) is 17.6 Å². The van der Waals surface area contributed by atoms with Gasteiger partial charge in [-0.05, 0) is 47.7 Å². The summed E-state index contributed by atoms with van der Waals surface area (Å²) in [5.74, 6) is -1.15. The van der Waals surface area contributed by atoms with Crippen LogP contribution in [0.15, 0.2) is 23.0 Å². The maximum absolute atomic E-state index is 13.2. The zero-order valence-electron chi connectivity index (χ0n) is 9.98. The fraction of sp³-hybridized carbons (Fsp3) is 0.167. The number of benzene rings is 1. The summed E-state index contributed by atoms with van der Waals surface area (Å²) in [4.78, 5) is 17.7. The number of aromatic nitrogens is 2. The van der Waals surface area contributed by atoms with E-state index in [2.05, 4.69) is 9.97 Å². The summed E-state index contributed by atoms with van der Waals surface area (Å²) in [7, 11) is 0. The predicted molar refractivity (Wildman–Crippen MR) is 72.7 cm³/mol. The summed E-state index contributed by atoms with van der Waals surface area (Å²) < 4.78 is 52.2. The van der Waals surface area contributed by atoms with E-state index in [0.29, 0.717) is 18.2 Å². The molecule has 0 saturated carbocycles. The van der Waals surface area contributed by atoms with Crippen LogP contribution < -0.4 is 5.56 Å². The minimum absolute atomic E-state index is 0.274. The molecule has 0 aliphatic heterocycles. The topological polar surface area (TPSA) is 45.8 Å². The minimum atomic E-state index is -4.67. The van der Waals surface area contributed by atoms with Crippen LogP contribution in [0.2, 0.25) is 0 Å². The fourth-order valence-electron chi connectivity index (χ4n) is 1.66. The van der Waals surface area contributed by atoms with Gasteiger partial charge in [-0.1, -0.05) is 0 Å². The van der Waals surface area contributed by atoms with Crippen LogP contribution in [0.1, 0.15) is 11.3 Å². The van der Waals surface area contributed by atoms with Crippen molar-refractivity contribution in [1.82, 2.24) is 9.97 Å². The Bertz CT molecular complexity index is 724. The van der Waals surface area contributed by atoms with Gasteiger partial charge in [-0.2, -0.15) is 13.2 Å². The van der Waals surface area contributed by atoms with Gasteiger partial charge in [-0.3, -0.25) is 4.79 Å². The van der Waals surface area contributed by atoms with E-state index in [9.17, 15) is 22.4 Å². The maximum atomic E-state index is 13.2. The summed E-state index contributed by atoms with van der Waals surface area (Å²) >= 11 is 1.73. The number of hydrogen-bond acceptors (Lipinski definition) is 2. The molecule has 3 nitrogen and oxygen atoms in total. The van der Waals surface area contributed by atoms with Crippen LogP contribution in [0, 0.1) is 16.3 Å². The Hall–Kier alpha value is -1.45. The molecule has 106 valence electrons. The van der Waals surface area contributed by atoms with Crippen LogP contribution in [0.25, 0.3) is 11.4 Å². The molecule has 0 saturated heterocycles. The minimum Gasteiger partial charge on any atom is -0.306 e. The van der Waals surface area contributed by atoms with E-state index < -0.39 is 28.7 Å². The Balaban J connectivity index is 2.75. The second kappa shape index (κ2) is 5.15. The van der Waals surface area contributed by atoms with E-state index in [-0.39, 0.29) is 15.1 Å². The van der Waals surface area contributed by atoms with E-state index in [1.807, 2.05) is 0 Å². The summed E-state index contributed by atoms with van der Waals surface area (Å²) in [5.41, 5.74) is -1.83. The molecular weight excluding hydrogens is 391 g/mol. The van der Waals surface area contributed by atoms with Gasteiger partial charge in [-0.15, -0.1) is 0 Å². The van der Waals surface area contributed by atoms with Gasteiger partial charge < -0.3 is 4.98 Å². The molecule has 8 heteroatoms. The van der Waals surface area contributed by atoms with E-state index in [0.717, 1.165) is 0 Å². The van der Waals surface area contributed by atoms with E-state index in [1.54, 1.807) is 22.6 Å². The first-order chi connectivity index (χ1) is 9.20. The monoisotopic (exact) mass is 398 g/mol. The van der Waals surface area contributed by atoms with Crippen molar-refractivity contribution in [1.29, 1.82) is 0 Å². The summed E-state index contributed by atoms with van der Waals surface area (Å²) in [6, 6.07) is 2.04. The SMILES string of the molecule is Cc1nc(-c2cc(F)ccc2C(F)(F)F)[nH]c(=O)c1I. The Morgan fingerprint density at radius 1 is 1.30 bits per heavy atom. The summed E-state index contributed by atoms with van der Waals surface area (Å²) in [6.45, 7) is 1.49. The van der Waals surface area contributed by atoms with Crippen LogP contribution in [0.3, 0.4) is 0 Å². The largest absolute Gasteiger partial charge is 0.417 e. The number of aromatic amines is 1. The van der Waals surface area contributed by atoms with Crippen molar-refractivity contribution >= 4 is 22.6 Å². The quantitative estimate of drug-likeness (QED) is 0.591. The molecule has 2 rings (SSSR count). The van der Waals surface area contributed by atoms with Crippen molar-refractivity contribution in [2.24, 2.45) is 0 Å². The smallest absolute Gasteiger partial charge is 0.306 e. The van der Waals surface area contributed by atoms with E-state index >= 15 is 0 Å². The number of nitrogens with zero attached hydrogens (tertiary/aromatic N) is 1. The number of H-pyrrole nitrogens is 1. The highest BCUT2D eigenvalue weighted by atomic mass is 127. The van der Waals surface area contributed by atoms with Crippen molar-refractivity contribution in [2.45, 2.75) is 13.1 Å². The zero-order valence-corrected chi connectivity index (χ0v) is 12.1. The molecule has 0 aliphatic rings. The molecule has 0 amide bonds. The number of halogens is 5. The van der Waals surface area contributed by atoms with E-state index in [1.165, 1.54) is 6.92 Å². The second-order valence-corrected chi connectivity index (χ2v) is 5.08. The van der Waals surface area contributed by atoms with Crippen molar-refractivity contribution in [3.8, 4) is 11.4 Å². The van der Waals surface area contributed by atoms with Gasteiger partial charge in [0.25, 0.3) is 5.56 Å². The van der Waals surface area contributed by atoms with Crippen molar-refractivity contribution in [2.75, 3.05) is 0 Å². The molecule has 20 heavy (non-hydrogen) atoms. The molecular formula is C12H7F4IN2O. The highest BCUT2D eigenvalue weighted by Gasteiger charge is 2.34. The molecule has 2 aromatic rings. The normalized spacial score (nSPS) is 11.7. The molecule has 1 aromatic carbocycles. The van der Waals surface area contributed by atoms with Crippen LogP contribution in [-0.4, -0.2) is 9.97 Å². The summed E-state index contributed by atoms with van der Waals surface area (Å²) in [6.07, 6.45) is -4.67. The third-order valence-electron chi connectivity index (χ3n) is 2.57. The fourth-order valence-corrected chi connectivity index (χ4v) is 1.91. The standard InChI is InChI=1S/C12H7F4IN2O/c1-5-9(17)11(20)19-10(18-5)7-4-6(13)2-3-8(7)12(14,15)16/h2-4H,1H3,(H,18,19,20). The molecule has 1 aromatic heterocycles. The Labute approximate surface area is 124 Å². The average molecular weight is 398 g/mol. The third-order valence-corrected chi connectivity index (χ3v) is 3.84. The molecule has 1 N–H and O–H groups in total. The molecule has 0 unspecified atom stereocenters. The van der Waals surface area contributed by atoms with Gasteiger partial charge >= 0.3 is 6.18 Å². The lowest BCUT2D eigenvalue weighted by Gasteiger charge is -2.12. The van der Waals surface area contributed by atoms with Gasteiger partial charge in [0.1, 0.15) is 11.6 Å². The molecule has 0 atom stereocenters. The molecule has 1 heterocycles. The first kappa shape index (κ1) is 14.9. The van der Waals surface area contributed by atoms with Gasteiger partial charge in [0.15, 0.2) is 0 Å². The number of aryl methyl sites for hydroxylation is 1. The number of nitrogens with one attached hydrogen (secondary N) is 1. The lowest BCUT2D eigenvalue weighted by atomic mass is 10.1. The number of rotatable bonds is 1. The lowest BCUT2D eigenvalue weighted by Crippen LogP contribution is -2.16. The highest BCUT2D eigenvalue weighted by molar-refractivity contribution is 14.1. The van der Waals surface area contributed by atoms with E-state index in [4.69, 9.17) is 0 Å². The van der Waals surface area contributed by atoms with Gasteiger partial charge in [0, 0.05) is 5.56 Å². The number of hydrogen-bond donors (Lipinski definition) is 1. The third kappa shape index (κ3) is 2.84. The molecule has 0 spiro atoms. The molecule has 0 fully saturated rings. The molecule has 0 radical (unpaired) electrons. The first-order valence-corrected chi connectivity index (χ1v) is 6.41. The average Bonchev–Trinajstić information content (AvgIpc) is 2.33. The van der Waals surface area contributed by atoms with Crippen molar-refractivity contribution in [3.05, 3.63) is 49.2 Å². The molecule has 0 aliphatic carbocycles. The first-order valence-electron chi connectivity index (χ1n) is 5.33. The van der Waals surface area contributed by atoms with Gasteiger partial charge in [-0.25, -0.2) is 9.37 Å². The Morgan fingerprint density at radius 2 is 1.95 bits per heavy atom. The predicted octanol–water partition coefficient (Wildman–Crippen LogP) is 3.51. The lowest BCUT2D eigenvalue weighted by molar-refractivity contribution is -0.137. The maximum Gasteiger partial charge on any atom is 0.417 e. The van der Waals surface area contributed by atoms with Crippen molar-refractivity contribution < 1.29 is 17.6 Å². The molecule has 0 bridgehead atoms. The van der Waals surface area contributed by atoms with Crippen LogP contribution >= 0.6 is 22.6 Å². The van der Waals surface area contributed by atoms with Crippen molar-refractivity contribution in [3.63, 3.8) is 0 Å². The van der Waals surface area contributed by atoms with Gasteiger partial charge in [0.2, 0.25) is 0 Å². The summed E-state index contributed by atoms with van der Waals surface area (Å²) in [5, 5.41) is 0.